The number of carbonyl (C=O) groups excluding carboxylic acids is 3. The second-order valence-corrected chi connectivity index (χ2v) is 7.51. The second kappa shape index (κ2) is 10.8. The number of nitrogens with two attached hydrogens (primary N) is 2. The first-order valence-electron chi connectivity index (χ1n) is 9.21. The lowest BCUT2D eigenvalue weighted by Gasteiger charge is -2.23. The summed E-state index contributed by atoms with van der Waals surface area (Å²) >= 11 is 0. The fourth-order valence-corrected chi connectivity index (χ4v) is 2.45. The molecule has 1 aromatic rings. The van der Waals surface area contributed by atoms with Crippen molar-refractivity contribution in [3.8, 4) is 0 Å². The van der Waals surface area contributed by atoms with Crippen LogP contribution in [0.25, 0.3) is 0 Å². The number of nitrogens with one attached hydrogen (secondary N) is 1. The predicted octanol–water partition coefficient (Wildman–Crippen LogP) is 1.08. The van der Waals surface area contributed by atoms with E-state index >= 15 is 0 Å². The summed E-state index contributed by atoms with van der Waals surface area (Å²) in [7, 11) is 0. The number of hydrogen-bond donors (Lipinski definition) is 3. The van der Waals surface area contributed by atoms with Gasteiger partial charge in [0.05, 0.1) is 6.04 Å². The lowest BCUT2D eigenvalue weighted by atomic mass is 10.0. The molecule has 1 rings (SSSR count). The number of unbranched alkanes of at least 4 members (excludes halogenated alkanes) is 1. The van der Waals surface area contributed by atoms with Crippen molar-refractivity contribution in [1.29, 1.82) is 0 Å². The molecule has 2 atom stereocenters. The highest BCUT2D eigenvalue weighted by atomic mass is 16.6. The number of ketones is 1. The van der Waals surface area contributed by atoms with E-state index in [4.69, 9.17) is 16.2 Å². The first-order chi connectivity index (χ1) is 12.6. The zero-order valence-electron chi connectivity index (χ0n) is 16.4. The fourth-order valence-electron chi connectivity index (χ4n) is 2.45. The van der Waals surface area contributed by atoms with E-state index in [9.17, 15) is 14.4 Å². The first-order valence-corrected chi connectivity index (χ1v) is 9.21. The van der Waals surface area contributed by atoms with Crippen LogP contribution in [-0.4, -0.2) is 41.9 Å². The zero-order valence-corrected chi connectivity index (χ0v) is 16.4. The Hall–Kier alpha value is -2.25. The van der Waals surface area contributed by atoms with Crippen molar-refractivity contribution in [3.63, 3.8) is 0 Å². The molecule has 150 valence electrons. The number of hydrogen-bond acceptors (Lipinski definition) is 6. The van der Waals surface area contributed by atoms with E-state index in [0.29, 0.717) is 19.4 Å². The molecule has 0 aromatic heterocycles. The van der Waals surface area contributed by atoms with E-state index in [0.717, 1.165) is 12.0 Å². The highest BCUT2D eigenvalue weighted by Gasteiger charge is 2.32. The highest BCUT2D eigenvalue weighted by Crippen LogP contribution is 2.11. The topological polar surface area (TPSA) is 125 Å². The number of esters is 1. The van der Waals surface area contributed by atoms with Gasteiger partial charge in [-0.15, -0.1) is 0 Å². The van der Waals surface area contributed by atoms with Gasteiger partial charge in [-0.2, -0.15) is 0 Å². The van der Waals surface area contributed by atoms with Crippen LogP contribution in [0.5, 0.6) is 0 Å². The van der Waals surface area contributed by atoms with Gasteiger partial charge < -0.3 is 21.5 Å². The Kier molecular flexibility index (Phi) is 9.11. The van der Waals surface area contributed by atoms with Gasteiger partial charge in [0.25, 0.3) is 5.78 Å². The Morgan fingerprint density at radius 3 is 2.30 bits per heavy atom. The molecule has 0 saturated heterocycles. The van der Waals surface area contributed by atoms with Gasteiger partial charge in [0.2, 0.25) is 5.91 Å². The normalized spacial score (nSPS) is 13.5. The number of ether oxygens (including phenoxy) is 1. The summed E-state index contributed by atoms with van der Waals surface area (Å²) < 4.78 is 5.15. The van der Waals surface area contributed by atoms with E-state index in [-0.39, 0.29) is 6.42 Å². The van der Waals surface area contributed by atoms with Crippen LogP contribution in [0.15, 0.2) is 30.3 Å². The van der Waals surface area contributed by atoms with Gasteiger partial charge in [-0.1, -0.05) is 36.8 Å². The van der Waals surface area contributed by atoms with Crippen molar-refractivity contribution in [2.75, 3.05) is 6.54 Å². The molecule has 0 unspecified atom stereocenters. The molecule has 5 N–H and O–H groups in total. The van der Waals surface area contributed by atoms with Crippen LogP contribution < -0.4 is 16.8 Å². The van der Waals surface area contributed by atoms with Crippen molar-refractivity contribution in [3.05, 3.63) is 35.9 Å². The van der Waals surface area contributed by atoms with Crippen LogP contribution in [0.2, 0.25) is 0 Å². The van der Waals surface area contributed by atoms with Crippen molar-refractivity contribution >= 4 is 17.7 Å². The summed E-state index contributed by atoms with van der Waals surface area (Å²) in [5.74, 6) is -2.23. The van der Waals surface area contributed by atoms with Gasteiger partial charge in [0, 0.05) is 6.42 Å². The Morgan fingerprint density at radius 1 is 1.11 bits per heavy atom. The molecule has 0 heterocycles. The minimum atomic E-state index is -1.03. The molecule has 0 bridgehead atoms. The van der Waals surface area contributed by atoms with Gasteiger partial charge >= 0.3 is 5.97 Å². The van der Waals surface area contributed by atoms with E-state index in [2.05, 4.69) is 5.32 Å². The quantitative estimate of drug-likeness (QED) is 0.318. The van der Waals surface area contributed by atoms with Crippen LogP contribution in [0.1, 0.15) is 45.6 Å². The fraction of sp³-hybridized carbons (Fsp3) is 0.550. The summed E-state index contributed by atoms with van der Waals surface area (Å²) in [6.45, 7) is 5.56. The second-order valence-electron chi connectivity index (χ2n) is 7.51. The standard InChI is InChI=1S/C20H31N3O4/c1-20(2,3)27-19(26)17(24)16(13-14-9-5-4-6-10-14)23-18(25)15(22)11-7-8-12-21/h4-6,9-10,15-16H,7-8,11-13,21-22H2,1-3H3,(H,23,25)/t15-,16-/m0/s1. The van der Waals surface area contributed by atoms with E-state index in [1.807, 2.05) is 30.3 Å². The molecule has 0 fully saturated rings. The molecule has 7 nitrogen and oxygen atoms in total. The molecule has 7 heteroatoms. The van der Waals surface area contributed by atoms with Crippen LogP contribution >= 0.6 is 0 Å². The van der Waals surface area contributed by atoms with Crippen molar-refractivity contribution in [2.45, 2.75) is 64.1 Å². The highest BCUT2D eigenvalue weighted by molar-refractivity contribution is 6.36. The van der Waals surface area contributed by atoms with Crippen molar-refractivity contribution in [1.82, 2.24) is 5.32 Å². The number of amides is 1. The lowest BCUT2D eigenvalue weighted by Crippen LogP contribution is -2.51. The maximum atomic E-state index is 12.6. The Balaban J connectivity index is 2.85. The van der Waals surface area contributed by atoms with Crippen LogP contribution in [-0.2, 0) is 25.5 Å². The van der Waals surface area contributed by atoms with Gasteiger partial charge in [-0.25, -0.2) is 4.79 Å². The van der Waals surface area contributed by atoms with Gasteiger partial charge in [0.1, 0.15) is 11.6 Å². The maximum Gasteiger partial charge on any atom is 0.377 e. The van der Waals surface area contributed by atoms with Crippen LogP contribution in [0.3, 0.4) is 0 Å². The SMILES string of the molecule is CC(C)(C)OC(=O)C(=O)[C@H](Cc1ccccc1)NC(=O)[C@@H](N)CCCCN. The summed E-state index contributed by atoms with van der Waals surface area (Å²) in [4.78, 5) is 37.2. The van der Waals surface area contributed by atoms with Gasteiger partial charge in [-0.3, -0.25) is 9.59 Å². The summed E-state index contributed by atoms with van der Waals surface area (Å²) in [5, 5.41) is 2.61. The zero-order chi connectivity index (χ0) is 20.4. The third-order valence-electron chi connectivity index (χ3n) is 3.82. The smallest absolute Gasteiger partial charge is 0.377 e. The number of Topliss-reactive ketones (excluding diaryl/α,β-unsaturated/α-hetero) is 1. The number of rotatable bonds is 10. The summed E-state index contributed by atoms with van der Waals surface area (Å²) in [6, 6.07) is 7.35. The first kappa shape index (κ1) is 22.8. The van der Waals surface area contributed by atoms with E-state index in [1.165, 1.54) is 0 Å². The monoisotopic (exact) mass is 377 g/mol. The summed E-state index contributed by atoms with van der Waals surface area (Å²) in [6.07, 6.45) is 2.13. The molecule has 0 aliphatic rings. The molecule has 0 radical (unpaired) electrons. The molecular formula is C20H31N3O4. The van der Waals surface area contributed by atoms with Gasteiger partial charge in [0.15, 0.2) is 0 Å². The number of benzene rings is 1. The molecule has 1 amide bonds. The molecule has 0 saturated carbocycles. The van der Waals surface area contributed by atoms with Crippen molar-refractivity contribution in [2.24, 2.45) is 11.5 Å². The third kappa shape index (κ3) is 8.79. The lowest BCUT2D eigenvalue weighted by molar-refractivity contribution is -0.163. The van der Waals surface area contributed by atoms with E-state index < -0.39 is 35.3 Å². The Bertz CT molecular complexity index is 626. The molecule has 0 aliphatic heterocycles. The average molecular weight is 377 g/mol. The molecule has 1 aromatic carbocycles. The van der Waals surface area contributed by atoms with Crippen molar-refractivity contribution < 1.29 is 19.1 Å². The molecular weight excluding hydrogens is 346 g/mol. The molecule has 27 heavy (non-hydrogen) atoms. The molecule has 0 aliphatic carbocycles. The predicted molar refractivity (Wildman–Crippen MR) is 104 cm³/mol. The van der Waals surface area contributed by atoms with Crippen LogP contribution in [0.4, 0.5) is 0 Å². The maximum absolute atomic E-state index is 12.6. The average Bonchev–Trinajstić information content (AvgIpc) is 2.60. The summed E-state index contributed by atoms with van der Waals surface area (Å²) in [5.41, 5.74) is 11.4. The van der Waals surface area contributed by atoms with E-state index in [1.54, 1.807) is 20.8 Å². The largest absolute Gasteiger partial charge is 0.454 e. The molecule has 0 spiro atoms. The third-order valence-corrected chi connectivity index (χ3v) is 3.82. The Labute approximate surface area is 160 Å². The Morgan fingerprint density at radius 2 is 1.74 bits per heavy atom. The minimum Gasteiger partial charge on any atom is -0.454 e. The minimum absolute atomic E-state index is 0.181. The van der Waals surface area contributed by atoms with Gasteiger partial charge in [-0.05, 0) is 45.7 Å². The number of carbonyl (C=O) groups is 3. The van der Waals surface area contributed by atoms with Crippen LogP contribution in [0, 0.1) is 0 Å².